The van der Waals surface area contributed by atoms with Crippen LogP contribution in [0.1, 0.15) is 50.2 Å². The molecule has 1 N–H and O–H groups in total. The summed E-state index contributed by atoms with van der Waals surface area (Å²) >= 11 is 0. The van der Waals surface area contributed by atoms with Crippen LogP contribution in [0.3, 0.4) is 0 Å². The lowest BCUT2D eigenvalue weighted by atomic mass is 9.80. The van der Waals surface area contributed by atoms with E-state index in [-0.39, 0.29) is 5.54 Å². The molecule has 0 bridgehead atoms. The number of nitrogens with zero attached hydrogens (tertiary/aromatic N) is 1. The Bertz CT molecular complexity index is 423. The van der Waals surface area contributed by atoms with Gasteiger partial charge in [0, 0.05) is 0 Å². The predicted octanol–water partition coefficient (Wildman–Crippen LogP) is 3.38. The fraction of sp³-hybridized carbons (Fsp3) is 0.647. The first-order chi connectivity index (χ1) is 9.60. The van der Waals surface area contributed by atoms with Crippen LogP contribution in [0, 0.1) is 0 Å². The summed E-state index contributed by atoms with van der Waals surface area (Å²) in [5, 5.41) is 11.0. The van der Waals surface area contributed by atoms with E-state index in [1.54, 1.807) is 7.11 Å². The molecule has 1 atom stereocenters. The second-order valence-corrected chi connectivity index (χ2v) is 6.09. The molecule has 20 heavy (non-hydrogen) atoms. The summed E-state index contributed by atoms with van der Waals surface area (Å²) in [7, 11) is 5.85. The lowest BCUT2D eigenvalue weighted by Gasteiger charge is -2.43. The van der Waals surface area contributed by atoms with Gasteiger partial charge in [0.2, 0.25) is 0 Å². The minimum absolute atomic E-state index is 0.150. The van der Waals surface area contributed by atoms with Gasteiger partial charge in [-0.2, -0.15) is 0 Å². The predicted molar refractivity (Wildman–Crippen MR) is 82.1 cm³/mol. The quantitative estimate of drug-likeness (QED) is 0.856. The minimum Gasteiger partial charge on any atom is -0.497 e. The van der Waals surface area contributed by atoms with Crippen molar-refractivity contribution in [3.63, 3.8) is 0 Å². The Morgan fingerprint density at radius 2 is 1.80 bits per heavy atom. The van der Waals surface area contributed by atoms with E-state index in [0.29, 0.717) is 0 Å². The first kappa shape index (κ1) is 15.3. The van der Waals surface area contributed by atoms with Gasteiger partial charge < -0.3 is 14.7 Å². The second-order valence-electron chi connectivity index (χ2n) is 6.09. The molecule has 3 nitrogen and oxygen atoms in total. The first-order valence-corrected chi connectivity index (χ1v) is 7.59. The van der Waals surface area contributed by atoms with Gasteiger partial charge in [0.1, 0.15) is 5.75 Å². The van der Waals surface area contributed by atoms with Gasteiger partial charge in [0.05, 0.1) is 18.8 Å². The standard InChI is InChI=1S/C17H27NO2/c1-18(2)17(11-6-4-5-7-12-17)16(19)14-9-8-10-15(13-14)20-3/h8-10,13,16,19H,4-7,11-12H2,1-3H3. The summed E-state index contributed by atoms with van der Waals surface area (Å²) in [6.07, 6.45) is 6.58. The molecule has 0 radical (unpaired) electrons. The molecule has 1 aromatic carbocycles. The monoisotopic (exact) mass is 277 g/mol. The van der Waals surface area contributed by atoms with Crippen LogP contribution < -0.4 is 4.74 Å². The molecule has 1 unspecified atom stereocenters. The van der Waals surface area contributed by atoms with Crippen LogP contribution in [0.2, 0.25) is 0 Å². The van der Waals surface area contributed by atoms with Gasteiger partial charge in [-0.3, -0.25) is 0 Å². The van der Waals surface area contributed by atoms with Crippen LogP contribution in [0.15, 0.2) is 24.3 Å². The Morgan fingerprint density at radius 3 is 2.35 bits per heavy atom. The summed E-state index contributed by atoms with van der Waals surface area (Å²) in [5.74, 6) is 0.809. The molecule has 0 heterocycles. The molecule has 112 valence electrons. The fourth-order valence-electron chi connectivity index (χ4n) is 3.43. The number of rotatable bonds is 4. The zero-order valence-electron chi connectivity index (χ0n) is 12.9. The van der Waals surface area contributed by atoms with Crippen molar-refractivity contribution in [3.05, 3.63) is 29.8 Å². The van der Waals surface area contributed by atoms with Crippen molar-refractivity contribution in [3.8, 4) is 5.75 Å². The molecule has 1 aromatic rings. The highest BCUT2D eigenvalue weighted by molar-refractivity contribution is 5.31. The maximum atomic E-state index is 11.0. The summed E-state index contributed by atoms with van der Waals surface area (Å²) in [6, 6.07) is 7.84. The van der Waals surface area contributed by atoms with Gasteiger partial charge in [0.25, 0.3) is 0 Å². The van der Waals surface area contributed by atoms with E-state index < -0.39 is 6.10 Å². The first-order valence-electron chi connectivity index (χ1n) is 7.59. The summed E-state index contributed by atoms with van der Waals surface area (Å²) in [5.41, 5.74) is 0.808. The molecular weight excluding hydrogens is 250 g/mol. The molecule has 0 amide bonds. The molecule has 3 heteroatoms. The van der Waals surface area contributed by atoms with Gasteiger partial charge in [-0.05, 0) is 44.6 Å². The Balaban J connectivity index is 2.32. The highest BCUT2D eigenvalue weighted by Gasteiger charge is 2.40. The van der Waals surface area contributed by atoms with Crippen LogP contribution in [0.4, 0.5) is 0 Å². The lowest BCUT2D eigenvalue weighted by Crippen LogP contribution is -2.49. The zero-order chi connectivity index (χ0) is 14.6. The number of hydrogen-bond acceptors (Lipinski definition) is 3. The van der Waals surface area contributed by atoms with Crippen LogP contribution >= 0.6 is 0 Å². The average Bonchev–Trinajstić information content (AvgIpc) is 2.73. The normalized spacial score (nSPS) is 20.4. The van der Waals surface area contributed by atoms with E-state index in [1.165, 1.54) is 25.7 Å². The van der Waals surface area contributed by atoms with E-state index in [9.17, 15) is 5.11 Å². The van der Waals surface area contributed by atoms with Gasteiger partial charge in [-0.25, -0.2) is 0 Å². The van der Waals surface area contributed by atoms with Crippen molar-refractivity contribution < 1.29 is 9.84 Å². The van der Waals surface area contributed by atoms with Crippen molar-refractivity contribution >= 4 is 0 Å². The second kappa shape index (κ2) is 6.59. The van der Waals surface area contributed by atoms with Crippen molar-refractivity contribution in [2.45, 2.75) is 50.2 Å². The van der Waals surface area contributed by atoms with Crippen molar-refractivity contribution in [1.29, 1.82) is 0 Å². The molecule has 0 spiro atoms. The Morgan fingerprint density at radius 1 is 1.15 bits per heavy atom. The molecule has 1 aliphatic carbocycles. The minimum atomic E-state index is -0.467. The van der Waals surface area contributed by atoms with Crippen LogP contribution in [-0.2, 0) is 0 Å². The number of methoxy groups -OCH3 is 1. The fourth-order valence-corrected chi connectivity index (χ4v) is 3.43. The maximum Gasteiger partial charge on any atom is 0.119 e. The van der Waals surface area contributed by atoms with Gasteiger partial charge in [-0.15, -0.1) is 0 Å². The van der Waals surface area contributed by atoms with Crippen molar-refractivity contribution in [2.75, 3.05) is 21.2 Å². The lowest BCUT2D eigenvalue weighted by molar-refractivity contribution is -0.0199. The number of benzene rings is 1. The Labute approximate surface area is 122 Å². The molecule has 0 saturated heterocycles. The molecule has 0 aromatic heterocycles. The van der Waals surface area contributed by atoms with Gasteiger partial charge in [-0.1, -0.05) is 37.8 Å². The smallest absolute Gasteiger partial charge is 0.119 e. The zero-order valence-corrected chi connectivity index (χ0v) is 12.9. The largest absolute Gasteiger partial charge is 0.497 e. The van der Waals surface area contributed by atoms with E-state index in [4.69, 9.17) is 4.74 Å². The van der Waals surface area contributed by atoms with E-state index in [2.05, 4.69) is 19.0 Å². The van der Waals surface area contributed by atoms with E-state index in [1.807, 2.05) is 24.3 Å². The van der Waals surface area contributed by atoms with Crippen molar-refractivity contribution in [2.24, 2.45) is 0 Å². The SMILES string of the molecule is COc1cccc(C(O)C2(N(C)C)CCCCCC2)c1. The third-order valence-corrected chi connectivity index (χ3v) is 4.78. The molecule has 1 fully saturated rings. The van der Waals surface area contributed by atoms with Gasteiger partial charge >= 0.3 is 0 Å². The van der Waals surface area contributed by atoms with Crippen LogP contribution in [-0.4, -0.2) is 36.8 Å². The molecule has 0 aliphatic heterocycles. The van der Waals surface area contributed by atoms with Crippen LogP contribution in [0.25, 0.3) is 0 Å². The summed E-state index contributed by atoms with van der Waals surface area (Å²) in [4.78, 5) is 2.22. The van der Waals surface area contributed by atoms with E-state index >= 15 is 0 Å². The number of ether oxygens (including phenoxy) is 1. The molecule has 1 aliphatic rings. The highest BCUT2D eigenvalue weighted by atomic mass is 16.5. The molecule has 1 saturated carbocycles. The summed E-state index contributed by atoms with van der Waals surface area (Å²) < 4.78 is 5.29. The van der Waals surface area contributed by atoms with Crippen molar-refractivity contribution in [1.82, 2.24) is 4.90 Å². The topological polar surface area (TPSA) is 32.7 Å². The Hall–Kier alpha value is -1.06. The Kier molecular flexibility index (Phi) is 5.06. The van der Waals surface area contributed by atoms with Crippen LogP contribution in [0.5, 0.6) is 5.75 Å². The molecular formula is C17H27NO2. The highest BCUT2D eigenvalue weighted by Crippen LogP contribution is 2.41. The maximum absolute atomic E-state index is 11.0. The average molecular weight is 277 g/mol. The summed E-state index contributed by atoms with van der Waals surface area (Å²) in [6.45, 7) is 0. The van der Waals surface area contributed by atoms with Gasteiger partial charge in [0.15, 0.2) is 0 Å². The van der Waals surface area contributed by atoms with E-state index in [0.717, 1.165) is 24.2 Å². The number of likely N-dealkylation sites (N-methyl/N-ethyl adjacent to an activating group) is 1. The molecule has 2 rings (SSSR count). The number of hydrogen-bond donors (Lipinski definition) is 1. The number of aliphatic hydroxyl groups excluding tert-OH is 1. The third kappa shape index (κ3) is 2.99. The third-order valence-electron chi connectivity index (χ3n) is 4.78. The number of aliphatic hydroxyl groups is 1.